The lowest BCUT2D eigenvalue weighted by atomic mass is 10.2. The van der Waals surface area contributed by atoms with Crippen molar-refractivity contribution < 1.29 is 9.84 Å². The number of rotatable bonds is 2. The van der Waals surface area contributed by atoms with Crippen LogP contribution in [0, 0.1) is 11.3 Å². The Morgan fingerprint density at radius 1 is 1.57 bits per heavy atom. The summed E-state index contributed by atoms with van der Waals surface area (Å²) in [4.78, 5) is 0. The van der Waals surface area contributed by atoms with Gasteiger partial charge in [-0.2, -0.15) is 5.26 Å². The third-order valence-corrected chi connectivity index (χ3v) is 1.91. The lowest BCUT2D eigenvalue weighted by Crippen LogP contribution is -1.85. The van der Waals surface area contributed by atoms with Gasteiger partial charge in [-0.3, -0.25) is 0 Å². The molecule has 0 saturated heterocycles. The summed E-state index contributed by atoms with van der Waals surface area (Å²) < 4.78 is 4.90. The van der Waals surface area contributed by atoms with Gasteiger partial charge in [-0.15, -0.1) is 0 Å². The molecule has 1 aromatic rings. The molecule has 3 nitrogen and oxygen atoms in total. The second-order valence-corrected chi connectivity index (χ2v) is 2.92. The number of allylic oxidation sites excluding steroid dienone is 1. The van der Waals surface area contributed by atoms with Gasteiger partial charge in [0.15, 0.2) is 11.5 Å². The Balaban J connectivity index is 3.17. The highest BCUT2D eigenvalue weighted by molar-refractivity contribution is 6.32. The van der Waals surface area contributed by atoms with Gasteiger partial charge in [0.1, 0.15) is 0 Å². The van der Waals surface area contributed by atoms with Gasteiger partial charge in [0.25, 0.3) is 0 Å². The highest BCUT2D eigenvalue weighted by Crippen LogP contribution is 2.35. The number of ether oxygens (including phenoxy) is 1. The average Bonchev–Trinajstić information content (AvgIpc) is 2.19. The van der Waals surface area contributed by atoms with Crippen LogP contribution >= 0.6 is 11.6 Å². The summed E-state index contributed by atoms with van der Waals surface area (Å²) in [5.41, 5.74) is 0.700. The maximum Gasteiger partial charge on any atom is 0.176 e. The first-order valence-corrected chi connectivity index (χ1v) is 4.19. The van der Waals surface area contributed by atoms with Crippen molar-refractivity contribution in [3.05, 3.63) is 28.8 Å². The van der Waals surface area contributed by atoms with E-state index >= 15 is 0 Å². The topological polar surface area (TPSA) is 53.2 Å². The van der Waals surface area contributed by atoms with E-state index in [9.17, 15) is 5.11 Å². The van der Waals surface area contributed by atoms with Gasteiger partial charge < -0.3 is 9.84 Å². The van der Waals surface area contributed by atoms with Crippen molar-refractivity contribution in [3.8, 4) is 17.6 Å². The van der Waals surface area contributed by atoms with Crippen molar-refractivity contribution in [1.82, 2.24) is 0 Å². The standard InChI is InChI=1S/C10H8ClNO2/c1-14-9-6-7(3-2-4-12)5-8(11)10(9)13/h2-3,5-6,13H,1H3. The van der Waals surface area contributed by atoms with E-state index < -0.39 is 0 Å². The monoisotopic (exact) mass is 209 g/mol. The SMILES string of the molecule is COc1cc(C=CC#N)cc(Cl)c1O. The van der Waals surface area contributed by atoms with Crippen LogP contribution in [-0.4, -0.2) is 12.2 Å². The predicted molar refractivity (Wildman–Crippen MR) is 54.3 cm³/mol. The number of aromatic hydroxyl groups is 1. The molecule has 0 unspecified atom stereocenters. The van der Waals surface area contributed by atoms with Gasteiger partial charge in [-0.05, 0) is 23.8 Å². The first-order chi connectivity index (χ1) is 6.69. The van der Waals surface area contributed by atoms with E-state index in [1.54, 1.807) is 18.2 Å². The molecule has 0 aromatic heterocycles. The van der Waals surface area contributed by atoms with Crippen LogP contribution < -0.4 is 4.74 Å². The van der Waals surface area contributed by atoms with Crippen LogP contribution in [0.15, 0.2) is 18.2 Å². The van der Waals surface area contributed by atoms with Gasteiger partial charge in [0.05, 0.1) is 18.2 Å². The van der Waals surface area contributed by atoms with E-state index in [-0.39, 0.29) is 16.5 Å². The van der Waals surface area contributed by atoms with Crippen molar-refractivity contribution in [2.75, 3.05) is 7.11 Å². The predicted octanol–water partition coefficient (Wildman–Crippen LogP) is 2.59. The molecule has 0 radical (unpaired) electrons. The largest absolute Gasteiger partial charge is 0.503 e. The summed E-state index contributed by atoms with van der Waals surface area (Å²) in [7, 11) is 1.43. The van der Waals surface area contributed by atoms with Crippen LogP contribution in [0.25, 0.3) is 6.08 Å². The van der Waals surface area contributed by atoms with E-state index in [1.807, 2.05) is 6.07 Å². The average molecular weight is 210 g/mol. The minimum Gasteiger partial charge on any atom is -0.503 e. The number of benzene rings is 1. The molecule has 0 aliphatic rings. The number of phenolic OH excluding ortho intramolecular Hbond substituents is 1. The maximum atomic E-state index is 9.40. The van der Waals surface area contributed by atoms with Crippen molar-refractivity contribution in [3.63, 3.8) is 0 Å². The van der Waals surface area contributed by atoms with Gasteiger partial charge in [0.2, 0.25) is 0 Å². The van der Waals surface area contributed by atoms with Crippen molar-refractivity contribution in [2.24, 2.45) is 0 Å². The molecule has 0 bridgehead atoms. The molecule has 14 heavy (non-hydrogen) atoms. The second kappa shape index (κ2) is 4.54. The Kier molecular flexibility index (Phi) is 3.38. The van der Waals surface area contributed by atoms with E-state index in [2.05, 4.69) is 0 Å². The van der Waals surface area contributed by atoms with Crippen LogP contribution in [0.2, 0.25) is 5.02 Å². The van der Waals surface area contributed by atoms with Crippen LogP contribution in [-0.2, 0) is 0 Å². The summed E-state index contributed by atoms with van der Waals surface area (Å²) >= 11 is 5.73. The van der Waals surface area contributed by atoms with Gasteiger partial charge >= 0.3 is 0 Å². The molecular weight excluding hydrogens is 202 g/mol. The summed E-state index contributed by atoms with van der Waals surface area (Å²) in [5, 5.41) is 17.9. The van der Waals surface area contributed by atoms with E-state index in [0.29, 0.717) is 5.56 Å². The Labute approximate surface area is 86.8 Å². The molecule has 0 atom stereocenters. The lowest BCUT2D eigenvalue weighted by molar-refractivity contribution is 0.373. The molecule has 1 rings (SSSR count). The number of methoxy groups -OCH3 is 1. The quantitative estimate of drug-likeness (QED) is 0.762. The molecule has 0 spiro atoms. The number of halogens is 1. The maximum absolute atomic E-state index is 9.40. The highest BCUT2D eigenvalue weighted by Gasteiger charge is 2.06. The van der Waals surface area contributed by atoms with Crippen molar-refractivity contribution >= 4 is 17.7 Å². The highest BCUT2D eigenvalue weighted by atomic mass is 35.5. The fourth-order valence-corrected chi connectivity index (χ4v) is 1.20. The molecule has 0 heterocycles. The zero-order valence-corrected chi connectivity index (χ0v) is 8.25. The fraction of sp³-hybridized carbons (Fsp3) is 0.100. The van der Waals surface area contributed by atoms with Crippen LogP contribution in [0.3, 0.4) is 0 Å². The van der Waals surface area contributed by atoms with Crippen molar-refractivity contribution in [2.45, 2.75) is 0 Å². The molecule has 0 aliphatic carbocycles. The Hall–Kier alpha value is -1.66. The molecule has 0 aliphatic heterocycles. The van der Waals surface area contributed by atoms with Crippen molar-refractivity contribution in [1.29, 1.82) is 5.26 Å². The lowest BCUT2D eigenvalue weighted by Gasteiger charge is -2.05. The van der Waals surface area contributed by atoms with Crippen LogP contribution in [0.4, 0.5) is 0 Å². The number of hydrogen-bond acceptors (Lipinski definition) is 3. The first kappa shape index (κ1) is 10.4. The summed E-state index contributed by atoms with van der Waals surface area (Å²) in [5.74, 6) is 0.193. The molecule has 4 heteroatoms. The van der Waals surface area contributed by atoms with E-state index in [4.69, 9.17) is 21.6 Å². The molecule has 1 aromatic carbocycles. The number of phenols is 1. The van der Waals surface area contributed by atoms with Gasteiger partial charge in [-0.25, -0.2) is 0 Å². The number of nitriles is 1. The van der Waals surface area contributed by atoms with Gasteiger partial charge in [0, 0.05) is 6.08 Å². The number of nitrogens with zero attached hydrogens (tertiary/aromatic N) is 1. The first-order valence-electron chi connectivity index (χ1n) is 3.81. The Bertz CT molecular complexity index is 407. The van der Waals surface area contributed by atoms with E-state index in [0.717, 1.165) is 0 Å². The minimum atomic E-state index is -0.0942. The smallest absolute Gasteiger partial charge is 0.176 e. The van der Waals surface area contributed by atoms with E-state index in [1.165, 1.54) is 13.2 Å². The minimum absolute atomic E-state index is 0.0942. The Morgan fingerprint density at radius 3 is 2.86 bits per heavy atom. The van der Waals surface area contributed by atoms with Crippen LogP contribution in [0.1, 0.15) is 5.56 Å². The molecule has 72 valence electrons. The zero-order valence-electron chi connectivity index (χ0n) is 7.49. The molecule has 0 saturated carbocycles. The second-order valence-electron chi connectivity index (χ2n) is 2.52. The van der Waals surface area contributed by atoms with Crippen LogP contribution in [0.5, 0.6) is 11.5 Å². The summed E-state index contributed by atoms with van der Waals surface area (Å²) in [6.07, 6.45) is 2.90. The molecule has 0 amide bonds. The third-order valence-electron chi connectivity index (χ3n) is 1.62. The Morgan fingerprint density at radius 2 is 2.29 bits per heavy atom. The normalized spacial score (nSPS) is 10.1. The number of hydrogen-bond donors (Lipinski definition) is 1. The van der Waals surface area contributed by atoms with Gasteiger partial charge in [-0.1, -0.05) is 11.6 Å². The summed E-state index contributed by atoms with van der Waals surface area (Å²) in [6.45, 7) is 0. The molecule has 1 N–H and O–H groups in total. The zero-order chi connectivity index (χ0) is 10.6. The molecular formula is C10H8ClNO2. The summed E-state index contributed by atoms with van der Waals surface area (Å²) in [6, 6.07) is 5.00. The third kappa shape index (κ3) is 2.18. The molecule has 0 fully saturated rings. The fourth-order valence-electron chi connectivity index (χ4n) is 0.979.